The zero-order valence-corrected chi connectivity index (χ0v) is 12.3. The van der Waals surface area contributed by atoms with Crippen LogP contribution in [0.4, 0.5) is 15.8 Å². The van der Waals surface area contributed by atoms with Gasteiger partial charge in [-0.2, -0.15) is 4.39 Å². The van der Waals surface area contributed by atoms with Crippen molar-refractivity contribution < 1.29 is 9.31 Å². The molecule has 104 valence electrons. The summed E-state index contributed by atoms with van der Waals surface area (Å²) in [4.78, 5) is 9.80. The lowest BCUT2D eigenvalue weighted by atomic mass is 10.2. The SMILES string of the molecule is Cc1cc(Br)cc(NCc2ccc([N+](=O)[O-])c(F)c2)c1. The molecule has 0 atom stereocenters. The zero-order chi connectivity index (χ0) is 14.7. The first-order valence-electron chi connectivity index (χ1n) is 5.89. The number of hydrogen-bond donors (Lipinski definition) is 1. The molecule has 0 fully saturated rings. The summed E-state index contributed by atoms with van der Waals surface area (Å²) in [6.07, 6.45) is 0. The van der Waals surface area contributed by atoms with Crippen LogP contribution < -0.4 is 5.32 Å². The predicted molar refractivity (Wildman–Crippen MR) is 79.3 cm³/mol. The summed E-state index contributed by atoms with van der Waals surface area (Å²) in [6.45, 7) is 2.37. The molecule has 2 aromatic rings. The van der Waals surface area contributed by atoms with Gasteiger partial charge in [-0.15, -0.1) is 0 Å². The van der Waals surface area contributed by atoms with Gasteiger partial charge in [0.2, 0.25) is 5.82 Å². The Kier molecular flexibility index (Phi) is 4.34. The number of aryl methyl sites for hydroxylation is 1. The van der Waals surface area contributed by atoms with Gasteiger partial charge in [-0.1, -0.05) is 22.0 Å². The Morgan fingerprint density at radius 1 is 1.30 bits per heavy atom. The van der Waals surface area contributed by atoms with Gasteiger partial charge in [0.15, 0.2) is 0 Å². The van der Waals surface area contributed by atoms with Crippen molar-refractivity contribution in [2.24, 2.45) is 0 Å². The molecular weight excluding hydrogens is 327 g/mol. The Labute approximate surface area is 123 Å². The van der Waals surface area contributed by atoms with Crippen LogP contribution in [0.3, 0.4) is 0 Å². The van der Waals surface area contributed by atoms with Crippen LogP contribution in [-0.4, -0.2) is 4.92 Å². The lowest BCUT2D eigenvalue weighted by molar-refractivity contribution is -0.387. The number of nitro benzene ring substituents is 1. The third kappa shape index (κ3) is 3.54. The van der Waals surface area contributed by atoms with Crippen LogP contribution in [0.2, 0.25) is 0 Å². The summed E-state index contributed by atoms with van der Waals surface area (Å²) >= 11 is 3.40. The molecule has 2 rings (SSSR count). The van der Waals surface area contributed by atoms with Gasteiger partial charge in [0.25, 0.3) is 0 Å². The van der Waals surface area contributed by atoms with Crippen LogP contribution in [0, 0.1) is 22.9 Å². The minimum Gasteiger partial charge on any atom is -0.381 e. The van der Waals surface area contributed by atoms with E-state index in [1.807, 2.05) is 25.1 Å². The zero-order valence-electron chi connectivity index (χ0n) is 10.7. The van der Waals surface area contributed by atoms with E-state index in [0.29, 0.717) is 12.1 Å². The van der Waals surface area contributed by atoms with E-state index in [4.69, 9.17) is 0 Å². The van der Waals surface area contributed by atoms with E-state index in [2.05, 4.69) is 21.2 Å². The van der Waals surface area contributed by atoms with Gasteiger partial charge in [0.1, 0.15) is 0 Å². The van der Waals surface area contributed by atoms with Gasteiger partial charge in [-0.05, 0) is 42.3 Å². The molecule has 20 heavy (non-hydrogen) atoms. The first kappa shape index (κ1) is 14.5. The molecule has 6 heteroatoms. The molecule has 4 nitrogen and oxygen atoms in total. The highest BCUT2D eigenvalue weighted by atomic mass is 79.9. The summed E-state index contributed by atoms with van der Waals surface area (Å²) in [5, 5.41) is 13.7. The quantitative estimate of drug-likeness (QED) is 0.663. The number of benzene rings is 2. The molecule has 0 bridgehead atoms. The molecule has 0 saturated carbocycles. The Morgan fingerprint density at radius 2 is 2.05 bits per heavy atom. The minimum absolute atomic E-state index is 0.394. The molecule has 0 aliphatic carbocycles. The highest BCUT2D eigenvalue weighted by Crippen LogP contribution is 2.21. The van der Waals surface area contributed by atoms with E-state index < -0.39 is 16.4 Å². The largest absolute Gasteiger partial charge is 0.381 e. The molecule has 0 heterocycles. The van der Waals surface area contributed by atoms with Gasteiger partial charge in [0, 0.05) is 22.8 Å². The van der Waals surface area contributed by atoms with Gasteiger partial charge in [-0.3, -0.25) is 10.1 Å². The Bertz CT molecular complexity index is 641. The fraction of sp³-hybridized carbons (Fsp3) is 0.143. The molecule has 0 aromatic heterocycles. The molecule has 0 unspecified atom stereocenters. The van der Waals surface area contributed by atoms with Gasteiger partial charge in [0.05, 0.1) is 4.92 Å². The lowest BCUT2D eigenvalue weighted by Crippen LogP contribution is -2.01. The third-order valence-electron chi connectivity index (χ3n) is 2.75. The first-order valence-corrected chi connectivity index (χ1v) is 6.69. The van der Waals surface area contributed by atoms with Crippen molar-refractivity contribution in [1.82, 2.24) is 0 Å². The smallest absolute Gasteiger partial charge is 0.304 e. The van der Waals surface area contributed by atoms with Crippen molar-refractivity contribution in [3.8, 4) is 0 Å². The van der Waals surface area contributed by atoms with Gasteiger partial charge in [-0.25, -0.2) is 0 Å². The Hall–Kier alpha value is -1.95. The van der Waals surface area contributed by atoms with E-state index in [9.17, 15) is 14.5 Å². The maximum Gasteiger partial charge on any atom is 0.304 e. The van der Waals surface area contributed by atoms with Crippen molar-refractivity contribution in [2.75, 3.05) is 5.32 Å². The average molecular weight is 339 g/mol. The van der Waals surface area contributed by atoms with E-state index in [1.54, 1.807) is 6.07 Å². The predicted octanol–water partition coefficient (Wildman–Crippen LogP) is 4.42. The maximum absolute atomic E-state index is 13.5. The molecule has 0 aliphatic rings. The van der Waals surface area contributed by atoms with Gasteiger partial charge >= 0.3 is 5.69 Å². The molecule has 0 saturated heterocycles. The molecule has 0 spiro atoms. The molecule has 2 aromatic carbocycles. The lowest BCUT2D eigenvalue weighted by Gasteiger charge is -2.08. The highest BCUT2D eigenvalue weighted by Gasteiger charge is 2.13. The van der Waals surface area contributed by atoms with Crippen LogP contribution >= 0.6 is 15.9 Å². The second kappa shape index (κ2) is 6.00. The monoisotopic (exact) mass is 338 g/mol. The molecule has 0 aliphatic heterocycles. The topological polar surface area (TPSA) is 55.2 Å². The molecule has 0 radical (unpaired) electrons. The van der Waals surface area contributed by atoms with E-state index in [1.165, 1.54) is 12.1 Å². The summed E-state index contributed by atoms with van der Waals surface area (Å²) in [5.74, 6) is -0.820. The van der Waals surface area contributed by atoms with Crippen molar-refractivity contribution in [2.45, 2.75) is 13.5 Å². The number of nitrogens with zero attached hydrogens (tertiary/aromatic N) is 1. The van der Waals surface area contributed by atoms with E-state index in [0.717, 1.165) is 15.7 Å². The number of halogens is 2. The van der Waals surface area contributed by atoms with Crippen molar-refractivity contribution in [3.05, 3.63) is 67.9 Å². The minimum atomic E-state index is -0.820. The van der Waals surface area contributed by atoms with Gasteiger partial charge < -0.3 is 5.32 Å². The molecular formula is C14H12BrFN2O2. The van der Waals surface area contributed by atoms with Crippen molar-refractivity contribution in [3.63, 3.8) is 0 Å². The summed E-state index contributed by atoms with van der Waals surface area (Å²) < 4.78 is 14.4. The fourth-order valence-corrected chi connectivity index (χ4v) is 2.46. The highest BCUT2D eigenvalue weighted by molar-refractivity contribution is 9.10. The fourth-order valence-electron chi connectivity index (χ4n) is 1.85. The summed E-state index contributed by atoms with van der Waals surface area (Å²) in [6, 6.07) is 9.76. The first-order chi connectivity index (χ1) is 9.45. The maximum atomic E-state index is 13.5. The third-order valence-corrected chi connectivity index (χ3v) is 3.21. The van der Waals surface area contributed by atoms with Crippen LogP contribution in [0.25, 0.3) is 0 Å². The van der Waals surface area contributed by atoms with E-state index >= 15 is 0 Å². The van der Waals surface area contributed by atoms with E-state index in [-0.39, 0.29) is 0 Å². The van der Waals surface area contributed by atoms with Crippen LogP contribution in [0.1, 0.15) is 11.1 Å². The van der Waals surface area contributed by atoms with Crippen molar-refractivity contribution >= 4 is 27.3 Å². The molecule has 0 amide bonds. The summed E-state index contributed by atoms with van der Waals surface area (Å²) in [7, 11) is 0. The van der Waals surface area contributed by atoms with Crippen LogP contribution in [-0.2, 0) is 6.54 Å². The number of rotatable bonds is 4. The van der Waals surface area contributed by atoms with Crippen molar-refractivity contribution in [1.29, 1.82) is 0 Å². The normalized spacial score (nSPS) is 10.3. The molecule has 1 N–H and O–H groups in total. The number of nitro groups is 1. The Balaban J connectivity index is 2.11. The number of hydrogen-bond acceptors (Lipinski definition) is 3. The van der Waals surface area contributed by atoms with Crippen LogP contribution in [0.15, 0.2) is 40.9 Å². The Morgan fingerprint density at radius 3 is 2.65 bits per heavy atom. The standard InChI is InChI=1S/C14H12BrFN2O2/c1-9-4-11(15)7-12(5-9)17-8-10-2-3-14(18(19)20)13(16)6-10/h2-7,17H,8H2,1H3. The average Bonchev–Trinajstić information content (AvgIpc) is 2.35. The number of nitrogens with one attached hydrogen (secondary N) is 1. The van der Waals surface area contributed by atoms with Crippen LogP contribution in [0.5, 0.6) is 0 Å². The number of anilines is 1. The second-order valence-corrected chi connectivity index (χ2v) is 5.33. The summed E-state index contributed by atoms with van der Waals surface area (Å²) in [5.41, 5.74) is 2.13. The second-order valence-electron chi connectivity index (χ2n) is 4.41.